The lowest BCUT2D eigenvalue weighted by Crippen LogP contribution is -2.29. The molecule has 0 bridgehead atoms. The normalized spacial score (nSPS) is 17.6. The fourth-order valence-corrected chi connectivity index (χ4v) is 4.81. The second-order valence-electron chi connectivity index (χ2n) is 8.26. The van der Waals surface area contributed by atoms with Crippen molar-refractivity contribution in [3.05, 3.63) is 107 Å². The number of nitrogens with zero attached hydrogens (tertiary/aromatic N) is 2. The van der Waals surface area contributed by atoms with Gasteiger partial charge in [0.2, 0.25) is 0 Å². The number of hydrogen-bond donors (Lipinski definition) is 1. The van der Waals surface area contributed by atoms with Crippen LogP contribution in [-0.4, -0.2) is 22.1 Å². The lowest BCUT2D eigenvalue weighted by atomic mass is 10.0. The number of ether oxygens (including phenoxy) is 1. The molecule has 5 nitrogen and oxygen atoms in total. The Kier molecular flexibility index (Phi) is 6.26. The van der Waals surface area contributed by atoms with Gasteiger partial charge in [-0.1, -0.05) is 35.9 Å². The highest BCUT2D eigenvalue weighted by Gasteiger charge is 2.41. The molecule has 1 aliphatic heterocycles. The third-order valence-electron chi connectivity index (χ3n) is 6.09. The maximum atomic E-state index is 6.45. The maximum absolute atomic E-state index is 6.45. The van der Waals surface area contributed by atoms with Gasteiger partial charge >= 0.3 is 0 Å². The molecular formula is C27H24ClN3O2S. The molecular weight excluding hydrogens is 466 g/mol. The van der Waals surface area contributed by atoms with Crippen molar-refractivity contribution < 1.29 is 9.15 Å². The number of thiocarbonyl (C=S) groups is 1. The molecule has 0 unspecified atom stereocenters. The Morgan fingerprint density at radius 2 is 1.91 bits per heavy atom. The molecule has 0 spiro atoms. The summed E-state index contributed by atoms with van der Waals surface area (Å²) in [4.78, 5) is 6.76. The first-order valence-electron chi connectivity index (χ1n) is 11.0. The number of methoxy groups -OCH3 is 1. The van der Waals surface area contributed by atoms with Gasteiger partial charge in [-0.2, -0.15) is 0 Å². The summed E-state index contributed by atoms with van der Waals surface area (Å²) in [6.45, 7) is 2.67. The van der Waals surface area contributed by atoms with Crippen molar-refractivity contribution in [2.75, 3.05) is 7.11 Å². The standard InChI is InChI=1S/C27H24ClN3O2S/c1-17-6-9-19(28)15-21(17)23-12-13-24(33-23)26-25(22-5-3-4-14-29-22)30-27(34)31(26)16-18-7-10-20(32-2)11-8-18/h3-15,25-26H,16H2,1-2H3,(H,30,34)/t25-,26+/m0/s1. The average molecular weight is 490 g/mol. The molecule has 4 aromatic rings. The molecule has 5 rings (SSSR count). The minimum absolute atomic E-state index is 0.147. The van der Waals surface area contributed by atoms with E-state index in [1.54, 1.807) is 13.3 Å². The van der Waals surface area contributed by atoms with Crippen LogP contribution in [0.1, 0.15) is 34.7 Å². The molecule has 0 aliphatic carbocycles. The zero-order valence-electron chi connectivity index (χ0n) is 18.9. The van der Waals surface area contributed by atoms with Crippen molar-refractivity contribution in [2.45, 2.75) is 25.6 Å². The fraction of sp³-hybridized carbons (Fsp3) is 0.185. The van der Waals surface area contributed by atoms with E-state index in [4.69, 9.17) is 33.0 Å². The molecule has 1 aliphatic rings. The van der Waals surface area contributed by atoms with Crippen LogP contribution in [-0.2, 0) is 6.54 Å². The summed E-state index contributed by atoms with van der Waals surface area (Å²) in [6, 6.07) is 23.4. The summed E-state index contributed by atoms with van der Waals surface area (Å²) >= 11 is 12.0. The van der Waals surface area contributed by atoms with Crippen LogP contribution in [0.4, 0.5) is 0 Å². The minimum atomic E-state index is -0.169. The molecule has 172 valence electrons. The van der Waals surface area contributed by atoms with Gasteiger partial charge in [-0.3, -0.25) is 4.98 Å². The summed E-state index contributed by atoms with van der Waals surface area (Å²) in [5.74, 6) is 2.41. The molecule has 0 saturated carbocycles. The van der Waals surface area contributed by atoms with Crippen LogP contribution >= 0.6 is 23.8 Å². The lowest BCUT2D eigenvalue weighted by molar-refractivity contribution is 0.269. The second kappa shape index (κ2) is 9.49. The Bertz CT molecular complexity index is 1310. The molecule has 2 aromatic carbocycles. The number of aryl methyl sites for hydroxylation is 1. The number of aromatic nitrogens is 1. The molecule has 1 saturated heterocycles. The van der Waals surface area contributed by atoms with Crippen molar-refractivity contribution >= 4 is 28.9 Å². The molecule has 34 heavy (non-hydrogen) atoms. The van der Waals surface area contributed by atoms with Crippen molar-refractivity contribution in [1.29, 1.82) is 0 Å². The Labute approximate surface area is 209 Å². The Balaban J connectivity index is 1.53. The van der Waals surface area contributed by atoms with E-state index in [9.17, 15) is 0 Å². The summed E-state index contributed by atoms with van der Waals surface area (Å²) in [5.41, 5.74) is 4.10. The number of furan rings is 1. The number of benzene rings is 2. The molecule has 1 N–H and O–H groups in total. The van der Waals surface area contributed by atoms with Gasteiger partial charge in [-0.25, -0.2) is 0 Å². The number of hydrogen-bond acceptors (Lipinski definition) is 4. The minimum Gasteiger partial charge on any atom is -0.497 e. The molecule has 1 fully saturated rings. The molecule has 2 aromatic heterocycles. The van der Waals surface area contributed by atoms with Crippen molar-refractivity contribution in [3.8, 4) is 17.1 Å². The highest BCUT2D eigenvalue weighted by atomic mass is 35.5. The van der Waals surface area contributed by atoms with Gasteiger partial charge in [0.05, 0.1) is 18.8 Å². The number of halogens is 1. The van der Waals surface area contributed by atoms with E-state index in [0.29, 0.717) is 16.7 Å². The number of rotatable bonds is 6. The van der Waals surface area contributed by atoms with E-state index in [1.165, 1.54) is 0 Å². The summed E-state index contributed by atoms with van der Waals surface area (Å²) in [5, 5.41) is 4.81. The molecule has 7 heteroatoms. The van der Waals surface area contributed by atoms with Crippen LogP contribution in [0.5, 0.6) is 5.75 Å². The van der Waals surface area contributed by atoms with E-state index in [2.05, 4.69) is 27.3 Å². The largest absolute Gasteiger partial charge is 0.497 e. The van der Waals surface area contributed by atoms with Gasteiger partial charge < -0.3 is 19.4 Å². The predicted octanol–water partition coefficient (Wildman–Crippen LogP) is 6.48. The average Bonchev–Trinajstić information content (AvgIpc) is 3.46. The highest BCUT2D eigenvalue weighted by Crippen LogP contribution is 2.41. The lowest BCUT2D eigenvalue weighted by Gasteiger charge is -2.26. The zero-order valence-corrected chi connectivity index (χ0v) is 20.4. The monoisotopic (exact) mass is 489 g/mol. The second-order valence-corrected chi connectivity index (χ2v) is 9.09. The first-order chi connectivity index (χ1) is 16.5. The first kappa shape index (κ1) is 22.4. The third-order valence-corrected chi connectivity index (χ3v) is 6.68. The van der Waals surface area contributed by atoms with Crippen LogP contribution < -0.4 is 10.1 Å². The van der Waals surface area contributed by atoms with Crippen molar-refractivity contribution in [2.24, 2.45) is 0 Å². The molecule has 0 amide bonds. The topological polar surface area (TPSA) is 50.5 Å². The van der Waals surface area contributed by atoms with E-state index >= 15 is 0 Å². The van der Waals surface area contributed by atoms with Gasteiger partial charge in [0.25, 0.3) is 0 Å². The maximum Gasteiger partial charge on any atom is 0.170 e. The van der Waals surface area contributed by atoms with E-state index in [1.807, 2.05) is 67.6 Å². The van der Waals surface area contributed by atoms with Gasteiger partial charge in [0, 0.05) is 23.3 Å². The Hall–Kier alpha value is -3.35. The molecule has 3 heterocycles. The predicted molar refractivity (Wildman–Crippen MR) is 138 cm³/mol. The summed E-state index contributed by atoms with van der Waals surface area (Å²) in [6.07, 6.45) is 1.80. The van der Waals surface area contributed by atoms with Gasteiger partial charge in [0.1, 0.15) is 23.3 Å². The van der Waals surface area contributed by atoms with Crippen molar-refractivity contribution in [1.82, 2.24) is 15.2 Å². The molecule has 0 radical (unpaired) electrons. The zero-order chi connectivity index (χ0) is 23.7. The smallest absolute Gasteiger partial charge is 0.170 e. The first-order valence-corrected chi connectivity index (χ1v) is 11.8. The number of pyridine rings is 1. The van der Waals surface area contributed by atoms with Crippen molar-refractivity contribution in [3.63, 3.8) is 0 Å². The van der Waals surface area contributed by atoms with E-state index in [-0.39, 0.29) is 12.1 Å². The number of nitrogens with one attached hydrogen (secondary N) is 1. The third kappa shape index (κ3) is 4.39. The fourth-order valence-electron chi connectivity index (χ4n) is 4.33. The van der Waals surface area contributed by atoms with Gasteiger partial charge in [-0.05, 0) is 78.8 Å². The Morgan fingerprint density at radius 3 is 2.65 bits per heavy atom. The Morgan fingerprint density at radius 1 is 1.09 bits per heavy atom. The van der Waals surface area contributed by atoms with Crippen LogP contribution in [0.2, 0.25) is 5.02 Å². The SMILES string of the molecule is COc1ccc(CN2C(=S)N[C@@H](c3ccccn3)[C@H]2c2ccc(-c3cc(Cl)ccc3C)o2)cc1. The van der Waals surface area contributed by atoms with Crippen LogP contribution in [0.15, 0.2) is 83.4 Å². The van der Waals surface area contributed by atoms with Crippen LogP contribution in [0, 0.1) is 6.92 Å². The van der Waals surface area contributed by atoms with Crippen LogP contribution in [0.3, 0.4) is 0 Å². The van der Waals surface area contributed by atoms with E-state index < -0.39 is 0 Å². The van der Waals surface area contributed by atoms with Gasteiger partial charge in [0.15, 0.2) is 5.11 Å². The van der Waals surface area contributed by atoms with E-state index in [0.717, 1.165) is 39.7 Å². The summed E-state index contributed by atoms with van der Waals surface area (Å²) in [7, 11) is 1.66. The quantitative estimate of drug-likeness (QED) is 0.312. The summed E-state index contributed by atoms with van der Waals surface area (Å²) < 4.78 is 11.8. The highest BCUT2D eigenvalue weighted by molar-refractivity contribution is 7.80. The molecule has 2 atom stereocenters. The van der Waals surface area contributed by atoms with Gasteiger partial charge in [-0.15, -0.1) is 0 Å². The van der Waals surface area contributed by atoms with Crippen LogP contribution in [0.25, 0.3) is 11.3 Å².